The average molecular weight is 360 g/mol. The van der Waals surface area contributed by atoms with Gasteiger partial charge >= 0.3 is 0 Å². The molecule has 2 atom stereocenters. The van der Waals surface area contributed by atoms with E-state index in [9.17, 15) is 4.79 Å². The van der Waals surface area contributed by atoms with Crippen molar-refractivity contribution < 1.29 is 9.53 Å². The largest absolute Gasteiger partial charge is 0.479 e. The van der Waals surface area contributed by atoms with E-state index < -0.39 is 6.10 Å². The summed E-state index contributed by atoms with van der Waals surface area (Å²) in [6, 6.07) is 15.4. The molecule has 2 aromatic rings. The molecule has 0 fully saturated rings. The Labute approximate surface area is 155 Å². The molecule has 0 heterocycles. The van der Waals surface area contributed by atoms with Crippen LogP contribution >= 0.6 is 11.6 Å². The molecular formula is C21H26ClNO2. The molecule has 4 heteroatoms. The number of nitrogens with one attached hydrogen (secondary N) is 1. The highest BCUT2D eigenvalue weighted by Crippen LogP contribution is 2.25. The highest BCUT2D eigenvalue weighted by Gasteiger charge is 2.19. The van der Waals surface area contributed by atoms with Crippen LogP contribution in [-0.2, 0) is 10.2 Å². The molecule has 0 saturated heterocycles. The molecule has 0 aliphatic heterocycles. The van der Waals surface area contributed by atoms with Crippen molar-refractivity contribution in [3.8, 4) is 5.75 Å². The molecule has 1 amide bonds. The van der Waals surface area contributed by atoms with Crippen molar-refractivity contribution >= 4 is 17.5 Å². The number of hydrogen-bond acceptors (Lipinski definition) is 2. The van der Waals surface area contributed by atoms with Crippen LogP contribution in [0.2, 0.25) is 5.02 Å². The fourth-order valence-corrected chi connectivity index (χ4v) is 2.65. The van der Waals surface area contributed by atoms with Gasteiger partial charge in [-0.05, 0) is 42.5 Å². The number of para-hydroxylation sites is 1. The zero-order valence-electron chi connectivity index (χ0n) is 15.5. The molecule has 0 unspecified atom stereocenters. The van der Waals surface area contributed by atoms with E-state index in [1.807, 2.05) is 19.1 Å². The Kier molecular flexibility index (Phi) is 6.12. The van der Waals surface area contributed by atoms with Crippen molar-refractivity contribution in [3.05, 3.63) is 64.7 Å². The minimum atomic E-state index is -0.629. The van der Waals surface area contributed by atoms with Gasteiger partial charge < -0.3 is 10.1 Å². The van der Waals surface area contributed by atoms with Crippen molar-refractivity contribution in [2.24, 2.45) is 0 Å². The molecule has 0 aromatic heterocycles. The molecule has 134 valence electrons. The van der Waals surface area contributed by atoms with Gasteiger partial charge in [-0.25, -0.2) is 0 Å². The van der Waals surface area contributed by atoms with E-state index in [4.69, 9.17) is 16.3 Å². The smallest absolute Gasteiger partial charge is 0.261 e. The monoisotopic (exact) mass is 359 g/mol. The molecule has 0 aliphatic carbocycles. The molecule has 0 saturated carbocycles. The van der Waals surface area contributed by atoms with E-state index in [2.05, 4.69) is 50.4 Å². The highest BCUT2D eigenvalue weighted by atomic mass is 35.5. The van der Waals surface area contributed by atoms with Crippen LogP contribution in [0.25, 0.3) is 0 Å². The lowest BCUT2D eigenvalue weighted by molar-refractivity contribution is -0.127. The van der Waals surface area contributed by atoms with Crippen molar-refractivity contribution in [2.45, 2.75) is 52.2 Å². The number of amides is 1. The number of rotatable bonds is 5. The van der Waals surface area contributed by atoms with Gasteiger partial charge in [0.25, 0.3) is 5.91 Å². The Morgan fingerprint density at radius 1 is 1.04 bits per heavy atom. The minimum Gasteiger partial charge on any atom is -0.479 e. The molecule has 1 N–H and O–H groups in total. The molecule has 2 aromatic carbocycles. The lowest BCUT2D eigenvalue weighted by Crippen LogP contribution is -2.37. The third kappa shape index (κ3) is 5.23. The Bertz CT molecular complexity index is 719. The maximum absolute atomic E-state index is 12.4. The molecule has 3 nitrogen and oxygen atoms in total. The first-order chi connectivity index (χ1) is 11.7. The lowest BCUT2D eigenvalue weighted by atomic mass is 9.86. The predicted molar refractivity (Wildman–Crippen MR) is 103 cm³/mol. The fraction of sp³-hybridized carbons (Fsp3) is 0.381. The second-order valence-corrected chi connectivity index (χ2v) is 7.70. The summed E-state index contributed by atoms with van der Waals surface area (Å²) in [6.07, 6.45) is -0.629. The van der Waals surface area contributed by atoms with Gasteiger partial charge in [0.1, 0.15) is 5.75 Å². The third-order valence-electron chi connectivity index (χ3n) is 4.15. The summed E-state index contributed by atoms with van der Waals surface area (Å²) in [4.78, 5) is 12.4. The zero-order valence-corrected chi connectivity index (χ0v) is 16.2. The average Bonchev–Trinajstić information content (AvgIpc) is 2.56. The summed E-state index contributed by atoms with van der Waals surface area (Å²) in [5.41, 5.74) is 2.44. The van der Waals surface area contributed by atoms with E-state index in [0.29, 0.717) is 10.8 Å². The topological polar surface area (TPSA) is 38.3 Å². The summed E-state index contributed by atoms with van der Waals surface area (Å²) >= 11 is 6.07. The molecule has 2 rings (SSSR count). The number of hydrogen-bond donors (Lipinski definition) is 1. The Hall–Kier alpha value is -2.00. The molecule has 0 aliphatic rings. The van der Waals surface area contributed by atoms with Gasteiger partial charge in [-0.1, -0.05) is 68.8 Å². The van der Waals surface area contributed by atoms with Crippen molar-refractivity contribution in [2.75, 3.05) is 0 Å². The van der Waals surface area contributed by atoms with Gasteiger partial charge in [-0.2, -0.15) is 0 Å². The number of carbonyl (C=O) groups is 1. The molecule has 25 heavy (non-hydrogen) atoms. The van der Waals surface area contributed by atoms with Crippen LogP contribution in [-0.4, -0.2) is 12.0 Å². The number of carbonyl (C=O) groups excluding carboxylic acids is 1. The van der Waals surface area contributed by atoms with E-state index in [-0.39, 0.29) is 17.4 Å². The van der Waals surface area contributed by atoms with Crippen LogP contribution in [0.5, 0.6) is 5.75 Å². The lowest BCUT2D eigenvalue weighted by Gasteiger charge is -2.22. The van der Waals surface area contributed by atoms with Gasteiger partial charge in [0, 0.05) is 0 Å². The summed E-state index contributed by atoms with van der Waals surface area (Å²) in [5, 5.41) is 3.48. The van der Waals surface area contributed by atoms with Gasteiger partial charge in [0.05, 0.1) is 11.1 Å². The highest BCUT2D eigenvalue weighted by molar-refractivity contribution is 6.32. The summed E-state index contributed by atoms with van der Waals surface area (Å²) in [6.45, 7) is 10.2. The Morgan fingerprint density at radius 3 is 2.20 bits per heavy atom. The first-order valence-corrected chi connectivity index (χ1v) is 8.88. The number of halogens is 1. The summed E-state index contributed by atoms with van der Waals surface area (Å²) in [7, 11) is 0. The summed E-state index contributed by atoms with van der Waals surface area (Å²) < 4.78 is 5.66. The standard InChI is InChI=1S/C21H26ClNO2/c1-14(16-10-12-17(13-11-16)21(3,4)5)23-20(24)15(2)25-19-9-7-6-8-18(19)22/h6-15H,1-5H3,(H,23,24)/t14-,15+/m1/s1. The van der Waals surface area contributed by atoms with Crippen LogP contribution in [0.1, 0.15) is 51.8 Å². The SMILES string of the molecule is C[C@H](Oc1ccccc1Cl)C(=O)N[C@H](C)c1ccc(C(C)(C)C)cc1. The normalized spacial score (nSPS) is 13.8. The van der Waals surface area contributed by atoms with Crippen LogP contribution in [0.4, 0.5) is 0 Å². The van der Waals surface area contributed by atoms with Crippen LogP contribution in [0, 0.1) is 0 Å². The Morgan fingerprint density at radius 2 is 1.64 bits per heavy atom. The maximum Gasteiger partial charge on any atom is 0.261 e. The van der Waals surface area contributed by atoms with Crippen LogP contribution in [0.3, 0.4) is 0 Å². The van der Waals surface area contributed by atoms with Crippen molar-refractivity contribution in [3.63, 3.8) is 0 Å². The predicted octanol–water partition coefficient (Wildman–Crippen LogP) is 5.28. The zero-order chi connectivity index (χ0) is 18.6. The van der Waals surface area contributed by atoms with Crippen LogP contribution < -0.4 is 10.1 Å². The molecule has 0 radical (unpaired) electrons. The van der Waals surface area contributed by atoms with Crippen molar-refractivity contribution in [1.29, 1.82) is 0 Å². The Balaban J connectivity index is 1.98. The molecule has 0 spiro atoms. The number of ether oxygens (including phenoxy) is 1. The van der Waals surface area contributed by atoms with E-state index in [1.165, 1.54) is 5.56 Å². The molecule has 0 bridgehead atoms. The maximum atomic E-state index is 12.4. The van der Waals surface area contributed by atoms with Gasteiger partial charge in [0.15, 0.2) is 6.10 Å². The molecular weight excluding hydrogens is 334 g/mol. The van der Waals surface area contributed by atoms with Gasteiger partial charge in [-0.3, -0.25) is 4.79 Å². The summed E-state index contributed by atoms with van der Waals surface area (Å²) in [5.74, 6) is 0.335. The second kappa shape index (κ2) is 7.92. The van der Waals surface area contributed by atoms with Crippen molar-refractivity contribution in [1.82, 2.24) is 5.32 Å². The van der Waals surface area contributed by atoms with Crippen LogP contribution in [0.15, 0.2) is 48.5 Å². The van der Waals surface area contributed by atoms with E-state index >= 15 is 0 Å². The second-order valence-electron chi connectivity index (χ2n) is 7.29. The number of benzene rings is 2. The van der Waals surface area contributed by atoms with Gasteiger partial charge in [-0.15, -0.1) is 0 Å². The quantitative estimate of drug-likeness (QED) is 0.788. The fourth-order valence-electron chi connectivity index (χ4n) is 2.47. The van der Waals surface area contributed by atoms with Gasteiger partial charge in [0.2, 0.25) is 0 Å². The van der Waals surface area contributed by atoms with E-state index in [0.717, 1.165) is 5.56 Å². The van der Waals surface area contributed by atoms with E-state index in [1.54, 1.807) is 19.1 Å². The third-order valence-corrected chi connectivity index (χ3v) is 4.46. The minimum absolute atomic E-state index is 0.0983. The first kappa shape index (κ1) is 19.3. The first-order valence-electron chi connectivity index (χ1n) is 8.50.